The van der Waals surface area contributed by atoms with Gasteiger partial charge in [0.1, 0.15) is 17.5 Å². The number of carbonyl (C=O) groups is 1. The quantitative estimate of drug-likeness (QED) is 0.481. The van der Waals surface area contributed by atoms with E-state index in [-0.39, 0.29) is 36.1 Å². The van der Waals surface area contributed by atoms with Crippen molar-refractivity contribution in [2.45, 2.75) is 50.7 Å². The van der Waals surface area contributed by atoms with E-state index in [0.29, 0.717) is 12.5 Å². The summed E-state index contributed by atoms with van der Waals surface area (Å²) in [4.78, 5) is 14.1. The lowest BCUT2D eigenvalue weighted by Gasteiger charge is -2.27. The minimum absolute atomic E-state index is 0.00462. The van der Waals surface area contributed by atoms with E-state index in [9.17, 15) is 35.2 Å². The Morgan fingerprint density at radius 2 is 1.81 bits per heavy atom. The van der Waals surface area contributed by atoms with Gasteiger partial charge < -0.3 is 10.2 Å². The van der Waals surface area contributed by atoms with Gasteiger partial charge in [0.25, 0.3) is 6.43 Å². The van der Waals surface area contributed by atoms with Crippen molar-refractivity contribution in [2.75, 3.05) is 12.6 Å². The highest BCUT2D eigenvalue weighted by atomic mass is 32.2. The average molecular weight is 550 g/mol. The molecule has 2 aromatic rings. The maximum atomic E-state index is 15.5. The number of nitrogens with one attached hydrogen (secondary N) is 2. The molecule has 1 spiro atoms. The van der Waals surface area contributed by atoms with Crippen LogP contribution in [0.2, 0.25) is 0 Å². The largest absolute Gasteiger partial charge is 0.330 e. The minimum atomic E-state index is -4.17. The molecule has 2 amide bonds. The van der Waals surface area contributed by atoms with E-state index in [1.165, 1.54) is 23.1 Å². The van der Waals surface area contributed by atoms with Gasteiger partial charge in [0.15, 0.2) is 0 Å². The van der Waals surface area contributed by atoms with E-state index in [1.54, 1.807) is 0 Å². The summed E-state index contributed by atoms with van der Waals surface area (Å²) in [5.74, 6) is -2.53. The molecule has 2 N–H and O–H groups in total. The van der Waals surface area contributed by atoms with E-state index in [4.69, 9.17) is 0 Å². The van der Waals surface area contributed by atoms with Crippen LogP contribution in [0, 0.1) is 22.9 Å². The number of urea groups is 1. The van der Waals surface area contributed by atoms with E-state index in [1.807, 2.05) is 0 Å². The van der Waals surface area contributed by atoms with Crippen LogP contribution in [0.4, 0.5) is 31.1 Å². The van der Waals surface area contributed by atoms with E-state index >= 15 is 4.39 Å². The van der Waals surface area contributed by atoms with Crippen molar-refractivity contribution >= 4 is 16.1 Å². The molecule has 13 heteroatoms. The van der Waals surface area contributed by atoms with Gasteiger partial charge in [0, 0.05) is 35.7 Å². The molecule has 2 aliphatic rings. The molecule has 1 saturated heterocycles. The topological polar surface area (TPSA) is 78.5 Å². The first-order valence-corrected chi connectivity index (χ1v) is 13.1. The molecule has 0 radical (unpaired) electrons. The molecule has 0 aromatic heterocycles. The monoisotopic (exact) mass is 549 g/mol. The summed E-state index contributed by atoms with van der Waals surface area (Å²) in [5, 5.41) is 2.20. The summed E-state index contributed by atoms with van der Waals surface area (Å²) in [6, 6.07) is 1.62. The summed E-state index contributed by atoms with van der Waals surface area (Å²) < 4.78 is 107. The lowest BCUT2D eigenvalue weighted by molar-refractivity contribution is 0.103. The van der Waals surface area contributed by atoms with Crippen LogP contribution in [0.1, 0.15) is 25.3 Å². The van der Waals surface area contributed by atoms with Crippen molar-refractivity contribution < 1.29 is 39.6 Å². The lowest BCUT2D eigenvalue weighted by Crippen LogP contribution is -2.48. The third-order valence-electron chi connectivity index (χ3n) is 6.92. The second-order valence-corrected chi connectivity index (χ2v) is 11.3. The predicted molar refractivity (Wildman–Crippen MR) is 123 cm³/mol. The van der Waals surface area contributed by atoms with Gasteiger partial charge in [-0.2, -0.15) is 0 Å². The second-order valence-electron chi connectivity index (χ2n) is 9.66. The van der Waals surface area contributed by atoms with Gasteiger partial charge in [-0.25, -0.2) is 44.3 Å². The van der Waals surface area contributed by atoms with E-state index in [0.717, 1.165) is 19.1 Å². The molecule has 4 unspecified atom stereocenters. The van der Waals surface area contributed by atoms with Crippen molar-refractivity contribution in [3.8, 4) is 11.1 Å². The number of benzene rings is 2. The third-order valence-corrected chi connectivity index (χ3v) is 7.85. The van der Waals surface area contributed by atoms with Gasteiger partial charge >= 0.3 is 6.03 Å². The van der Waals surface area contributed by atoms with E-state index < -0.39 is 69.5 Å². The molecule has 202 valence electrons. The molecule has 1 aliphatic heterocycles. The SMILES string of the molecule is CC(NC(=O)N1CC2(CC1Cc1cccc(-c3cc(F)cc(F)c3)c1F)CC2NS(=O)(=O)CF)C(F)F. The van der Waals surface area contributed by atoms with Gasteiger partial charge in [0.05, 0.1) is 6.04 Å². The number of amides is 2. The van der Waals surface area contributed by atoms with Gasteiger partial charge in [-0.05, 0) is 49.4 Å². The average Bonchev–Trinajstić information content (AvgIpc) is 3.31. The number of carbonyl (C=O) groups excluding carboxylic acids is 1. The summed E-state index contributed by atoms with van der Waals surface area (Å²) in [6.07, 6.45) is -2.40. The number of hydrogen-bond donors (Lipinski definition) is 2. The van der Waals surface area contributed by atoms with Crippen LogP contribution in [0.15, 0.2) is 36.4 Å². The fraction of sp³-hybridized carbons (Fsp3) is 0.458. The molecular formula is C24H25F6N3O3S. The molecule has 1 heterocycles. The fourth-order valence-electron chi connectivity index (χ4n) is 4.96. The van der Waals surface area contributed by atoms with Gasteiger partial charge in [-0.1, -0.05) is 18.2 Å². The number of alkyl halides is 3. The van der Waals surface area contributed by atoms with Crippen molar-refractivity contribution in [3.05, 3.63) is 59.4 Å². The van der Waals surface area contributed by atoms with Crippen LogP contribution in [0.5, 0.6) is 0 Å². The summed E-state index contributed by atoms with van der Waals surface area (Å²) >= 11 is 0. The highest BCUT2D eigenvalue weighted by Gasteiger charge is 2.62. The fourth-order valence-corrected chi connectivity index (χ4v) is 5.79. The normalized spacial score (nSPS) is 24.1. The van der Waals surface area contributed by atoms with Gasteiger partial charge in [0.2, 0.25) is 16.0 Å². The Labute approximate surface area is 210 Å². The second kappa shape index (κ2) is 10.2. The van der Waals surface area contributed by atoms with Crippen LogP contribution in [-0.4, -0.2) is 56.5 Å². The smallest absolute Gasteiger partial charge is 0.318 e. The Kier molecular flexibility index (Phi) is 7.48. The Balaban J connectivity index is 1.61. The molecule has 6 nitrogen and oxygen atoms in total. The maximum Gasteiger partial charge on any atom is 0.318 e. The Hall–Kier alpha value is -2.80. The number of nitrogens with zero attached hydrogens (tertiary/aromatic N) is 1. The van der Waals surface area contributed by atoms with Crippen LogP contribution >= 0.6 is 0 Å². The summed E-state index contributed by atoms with van der Waals surface area (Å²) in [5.41, 5.74) is -0.725. The molecule has 37 heavy (non-hydrogen) atoms. The number of rotatable bonds is 8. The predicted octanol–water partition coefficient (Wildman–Crippen LogP) is 4.36. The Morgan fingerprint density at radius 1 is 1.14 bits per heavy atom. The van der Waals surface area contributed by atoms with Gasteiger partial charge in [-0.15, -0.1) is 0 Å². The molecule has 2 fully saturated rings. The first-order chi connectivity index (χ1) is 17.3. The van der Waals surface area contributed by atoms with Crippen molar-refractivity contribution in [2.24, 2.45) is 5.41 Å². The van der Waals surface area contributed by atoms with Crippen molar-refractivity contribution in [1.82, 2.24) is 14.9 Å². The number of sulfonamides is 1. The molecule has 4 rings (SSSR count). The Morgan fingerprint density at radius 3 is 2.43 bits per heavy atom. The zero-order chi connectivity index (χ0) is 27.1. The van der Waals surface area contributed by atoms with Crippen molar-refractivity contribution in [3.63, 3.8) is 0 Å². The highest BCUT2D eigenvalue weighted by molar-refractivity contribution is 7.89. The van der Waals surface area contributed by atoms with Crippen LogP contribution in [0.25, 0.3) is 11.1 Å². The molecule has 0 bridgehead atoms. The van der Waals surface area contributed by atoms with E-state index in [2.05, 4.69) is 10.0 Å². The maximum absolute atomic E-state index is 15.5. The zero-order valence-corrected chi connectivity index (χ0v) is 20.5. The first kappa shape index (κ1) is 27.2. The minimum Gasteiger partial charge on any atom is -0.330 e. The molecule has 2 aromatic carbocycles. The highest BCUT2D eigenvalue weighted by Crippen LogP contribution is 2.55. The molecule has 1 aliphatic carbocycles. The molecule has 4 atom stereocenters. The van der Waals surface area contributed by atoms with Gasteiger partial charge in [-0.3, -0.25) is 0 Å². The van der Waals surface area contributed by atoms with Crippen LogP contribution in [0.3, 0.4) is 0 Å². The van der Waals surface area contributed by atoms with Crippen LogP contribution < -0.4 is 10.0 Å². The summed E-state index contributed by atoms with van der Waals surface area (Å²) in [7, 11) is -4.17. The zero-order valence-electron chi connectivity index (χ0n) is 19.7. The standard InChI is InChI=1S/C24H25F6N3O3S/c1-13(22(29)30)31-23(34)33-11-24(10-20(24)32-37(35,36)12-25)9-18(33)7-14-3-2-4-19(21(14)28)15-5-16(26)8-17(27)6-15/h2-6,8,13,18,20,22,32H,7,9-12H2,1H3,(H,31,34). The first-order valence-electron chi connectivity index (χ1n) is 11.5. The summed E-state index contributed by atoms with van der Waals surface area (Å²) in [6.45, 7) is 1.12. The third kappa shape index (κ3) is 5.87. The van der Waals surface area contributed by atoms with Crippen molar-refractivity contribution in [1.29, 1.82) is 0 Å². The number of halogens is 6. The lowest BCUT2D eigenvalue weighted by atomic mass is 9.94. The number of hydrogen-bond acceptors (Lipinski definition) is 3. The number of likely N-dealkylation sites (tertiary alicyclic amines) is 1. The molecular weight excluding hydrogens is 524 g/mol. The molecule has 1 saturated carbocycles. The Bertz CT molecular complexity index is 1270. The van der Waals surface area contributed by atoms with Crippen LogP contribution in [-0.2, 0) is 16.4 Å².